The molecule has 1 amide bonds. The Hall–Kier alpha value is -1.62. The van der Waals surface area contributed by atoms with Crippen LogP contribution in [0, 0.1) is 12.2 Å². The molecule has 115 valence electrons. The van der Waals surface area contributed by atoms with Gasteiger partial charge in [-0.1, -0.05) is 0 Å². The van der Waals surface area contributed by atoms with E-state index in [9.17, 15) is 14.3 Å². The van der Waals surface area contributed by atoms with Crippen LogP contribution in [0.1, 0.15) is 26.7 Å². The van der Waals surface area contributed by atoms with Gasteiger partial charge in [-0.25, -0.2) is 4.39 Å². The van der Waals surface area contributed by atoms with Crippen molar-refractivity contribution in [3.8, 4) is 5.75 Å². The van der Waals surface area contributed by atoms with Gasteiger partial charge in [0, 0.05) is 25.9 Å². The fourth-order valence-electron chi connectivity index (χ4n) is 2.29. The van der Waals surface area contributed by atoms with Gasteiger partial charge in [0.05, 0.1) is 12.0 Å². The van der Waals surface area contributed by atoms with Gasteiger partial charge in [0.1, 0.15) is 17.7 Å². The molecule has 0 spiro atoms. The molecule has 1 fully saturated rings. The first-order chi connectivity index (χ1) is 9.83. The Labute approximate surface area is 124 Å². The highest BCUT2D eigenvalue weighted by Crippen LogP contribution is 2.20. The Morgan fingerprint density at radius 1 is 1.33 bits per heavy atom. The summed E-state index contributed by atoms with van der Waals surface area (Å²) in [5, 5.41) is 9.63. The molecule has 1 aliphatic heterocycles. The number of piperidine rings is 1. The van der Waals surface area contributed by atoms with Crippen LogP contribution in [0.5, 0.6) is 5.75 Å². The van der Waals surface area contributed by atoms with Gasteiger partial charge < -0.3 is 14.7 Å². The number of ether oxygens (including phenoxy) is 1. The maximum Gasteiger partial charge on any atom is 0.229 e. The van der Waals surface area contributed by atoms with E-state index in [0.717, 1.165) is 12.8 Å². The van der Waals surface area contributed by atoms with Gasteiger partial charge in [-0.05, 0) is 38.1 Å². The Morgan fingerprint density at radius 3 is 2.43 bits per heavy atom. The molecule has 0 bridgehead atoms. The lowest BCUT2D eigenvalue weighted by Crippen LogP contribution is -2.44. The lowest BCUT2D eigenvalue weighted by atomic mass is 10.0. The third-order valence-electron chi connectivity index (χ3n) is 3.35. The predicted octanol–water partition coefficient (Wildman–Crippen LogP) is 2.17. The Bertz CT molecular complexity index is 473. The van der Waals surface area contributed by atoms with Crippen molar-refractivity contribution in [2.24, 2.45) is 0 Å². The molecule has 1 radical (unpaired) electrons. The summed E-state index contributed by atoms with van der Waals surface area (Å²) < 4.78 is 18.6. The van der Waals surface area contributed by atoms with Crippen LogP contribution in [0.15, 0.2) is 24.3 Å². The second-order valence-electron chi connectivity index (χ2n) is 5.89. The van der Waals surface area contributed by atoms with E-state index in [1.807, 2.05) is 0 Å². The molecule has 1 aromatic carbocycles. The van der Waals surface area contributed by atoms with E-state index in [2.05, 4.69) is 0 Å². The molecule has 1 saturated heterocycles. The van der Waals surface area contributed by atoms with E-state index in [-0.39, 0.29) is 17.8 Å². The minimum Gasteiger partial charge on any atom is -0.490 e. The minimum absolute atomic E-state index is 0.0293. The SMILES string of the molecule is CC(C)(O)[CH]C(=O)N1CCC(Oc2ccc(F)cc2)CC1. The first-order valence-corrected chi connectivity index (χ1v) is 7.13. The first kappa shape index (κ1) is 15.8. The summed E-state index contributed by atoms with van der Waals surface area (Å²) in [6, 6.07) is 5.95. The Morgan fingerprint density at radius 2 is 1.90 bits per heavy atom. The van der Waals surface area contributed by atoms with Crippen LogP contribution in [-0.4, -0.2) is 40.7 Å². The number of carbonyl (C=O) groups excluding carboxylic acids is 1. The average Bonchev–Trinajstić information content (AvgIpc) is 2.40. The summed E-state index contributed by atoms with van der Waals surface area (Å²) >= 11 is 0. The zero-order valence-electron chi connectivity index (χ0n) is 12.4. The van der Waals surface area contributed by atoms with Gasteiger partial charge in [-0.15, -0.1) is 0 Å². The molecule has 21 heavy (non-hydrogen) atoms. The Balaban J connectivity index is 1.80. The Kier molecular flexibility index (Phi) is 4.83. The van der Waals surface area contributed by atoms with Crippen LogP contribution in [0.25, 0.3) is 0 Å². The molecular weight excluding hydrogens is 273 g/mol. The van der Waals surface area contributed by atoms with Crippen LogP contribution in [0.2, 0.25) is 0 Å². The van der Waals surface area contributed by atoms with Crippen molar-refractivity contribution in [3.05, 3.63) is 36.5 Å². The highest BCUT2D eigenvalue weighted by Gasteiger charge is 2.27. The molecule has 2 rings (SSSR count). The monoisotopic (exact) mass is 294 g/mol. The van der Waals surface area contributed by atoms with Crippen molar-refractivity contribution in [1.82, 2.24) is 4.90 Å². The van der Waals surface area contributed by atoms with Crippen molar-refractivity contribution >= 4 is 5.91 Å². The van der Waals surface area contributed by atoms with Crippen LogP contribution < -0.4 is 4.74 Å². The lowest BCUT2D eigenvalue weighted by molar-refractivity contribution is -0.131. The standard InChI is InChI=1S/C16H21FNO3/c1-16(2,20)11-15(19)18-9-7-14(8-10-18)21-13-5-3-12(17)4-6-13/h3-6,11,14,20H,7-10H2,1-2H3. The summed E-state index contributed by atoms with van der Waals surface area (Å²) in [5.41, 5.74) is -1.10. The van der Waals surface area contributed by atoms with E-state index >= 15 is 0 Å². The molecule has 4 nitrogen and oxygen atoms in total. The van der Waals surface area contributed by atoms with Crippen LogP contribution in [0.4, 0.5) is 4.39 Å². The number of aliphatic hydroxyl groups is 1. The van der Waals surface area contributed by atoms with Crippen LogP contribution in [0.3, 0.4) is 0 Å². The highest BCUT2D eigenvalue weighted by atomic mass is 19.1. The average molecular weight is 294 g/mol. The summed E-state index contributed by atoms with van der Waals surface area (Å²) in [4.78, 5) is 13.7. The smallest absolute Gasteiger partial charge is 0.229 e. The van der Waals surface area contributed by atoms with Crippen molar-refractivity contribution in [2.45, 2.75) is 38.4 Å². The maximum atomic E-state index is 12.8. The molecule has 1 aromatic rings. The third kappa shape index (κ3) is 5.01. The van der Waals surface area contributed by atoms with Gasteiger partial charge in [-0.2, -0.15) is 0 Å². The van der Waals surface area contributed by atoms with Gasteiger partial charge in [0.2, 0.25) is 5.91 Å². The molecule has 0 aromatic heterocycles. The van der Waals surface area contributed by atoms with E-state index < -0.39 is 5.60 Å². The van der Waals surface area contributed by atoms with Gasteiger partial charge >= 0.3 is 0 Å². The zero-order valence-corrected chi connectivity index (χ0v) is 12.4. The predicted molar refractivity (Wildman–Crippen MR) is 77.2 cm³/mol. The largest absolute Gasteiger partial charge is 0.490 e. The van der Waals surface area contributed by atoms with E-state index in [1.165, 1.54) is 18.6 Å². The topological polar surface area (TPSA) is 49.8 Å². The van der Waals surface area contributed by atoms with Crippen LogP contribution >= 0.6 is 0 Å². The van der Waals surface area contributed by atoms with Gasteiger partial charge in [0.15, 0.2) is 0 Å². The number of hydrogen-bond donors (Lipinski definition) is 1. The zero-order chi connectivity index (χ0) is 15.5. The molecular formula is C16H21FNO3. The summed E-state index contributed by atoms with van der Waals surface area (Å²) in [7, 11) is 0. The fraction of sp³-hybridized carbons (Fsp3) is 0.500. The quantitative estimate of drug-likeness (QED) is 0.926. The molecule has 0 unspecified atom stereocenters. The number of hydrogen-bond acceptors (Lipinski definition) is 3. The van der Waals surface area contributed by atoms with Gasteiger partial charge in [-0.3, -0.25) is 4.79 Å². The maximum absolute atomic E-state index is 12.8. The number of carbonyl (C=O) groups is 1. The first-order valence-electron chi connectivity index (χ1n) is 7.13. The molecule has 1 heterocycles. The molecule has 1 N–H and O–H groups in total. The number of amides is 1. The van der Waals surface area contributed by atoms with Crippen molar-refractivity contribution in [2.75, 3.05) is 13.1 Å². The second-order valence-corrected chi connectivity index (χ2v) is 5.89. The molecule has 0 saturated carbocycles. The number of rotatable bonds is 4. The van der Waals surface area contributed by atoms with E-state index in [0.29, 0.717) is 18.8 Å². The van der Waals surface area contributed by atoms with Gasteiger partial charge in [0.25, 0.3) is 0 Å². The van der Waals surface area contributed by atoms with Crippen molar-refractivity contribution in [1.29, 1.82) is 0 Å². The fourth-order valence-corrected chi connectivity index (χ4v) is 2.29. The normalized spacial score (nSPS) is 16.9. The minimum atomic E-state index is -1.10. The summed E-state index contributed by atoms with van der Waals surface area (Å²) in [6.45, 7) is 4.35. The molecule has 0 aliphatic carbocycles. The summed E-state index contributed by atoms with van der Waals surface area (Å²) in [5.74, 6) is 0.205. The van der Waals surface area contributed by atoms with Crippen LogP contribution in [-0.2, 0) is 4.79 Å². The lowest BCUT2D eigenvalue weighted by Gasteiger charge is -2.33. The second kappa shape index (κ2) is 6.43. The van der Waals surface area contributed by atoms with Crippen molar-refractivity contribution < 1.29 is 19.0 Å². The van der Waals surface area contributed by atoms with E-state index in [1.54, 1.807) is 30.9 Å². The molecule has 5 heteroatoms. The number of likely N-dealkylation sites (tertiary alicyclic amines) is 1. The summed E-state index contributed by atoms with van der Waals surface area (Å²) in [6.07, 6.45) is 2.81. The third-order valence-corrected chi connectivity index (χ3v) is 3.35. The molecule has 1 aliphatic rings. The number of nitrogens with zero attached hydrogens (tertiary/aromatic N) is 1. The van der Waals surface area contributed by atoms with E-state index in [4.69, 9.17) is 4.74 Å². The highest BCUT2D eigenvalue weighted by molar-refractivity contribution is 5.86. The van der Waals surface area contributed by atoms with Crippen molar-refractivity contribution in [3.63, 3.8) is 0 Å². The number of halogens is 1. The molecule has 0 atom stereocenters. The number of benzene rings is 1.